The van der Waals surface area contributed by atoms with E-state index in [1.807, 2.05) is 30.3 Å². The van der Waals surface area contributed by atoms with Crippen LogP contribution in [0.5, 0.6) is 0 Å². The molecule has 6 heteroatoms. The van der Waals surface area contributed by atoms with E-state index >= 15 is 0 Å². The average molecular weight is 465 g/mol. The molecule has 0 fully saturated rings. The van der Waals surface area contributed by atoms with Crippen molar-refractivity contribution in [1.29, 1.82) is 0 Å². The minimum absolute atomic E-state index is 0. The third-order valence-electron chi connectivity index (χ3n) is 3.61. The summed E-state index contributed by atoms with van der Waals surface area (Å²) in [6.45, 7) is 7.33. The molecule has 2 N–H and O–H groups in total. The van der Waals surface area contributed by atoms with Gasteiger partial charge in [0.05, 0.1) is 10.8 Å². The lowest BCUT2D eigenvalue weighted by atomic mass is 10.0. The number of rotatable bonds is 9. The Morgan fingerprint density at radius 1 is 1.17 bits per heavy atom. The van der Waals surface area contributed by atoms with Crippen LogP contribution in [0.1, 0.15) is 40.0 Å². The van der Waals surface area contributed by atoms with E-state index in [1.165, 1.54) is 12.8 Å². The standard InChI is InChI=1S/C18H31N3OS.HI/c1-15(2)9-8-10-16(3)21-18(19-4)20-13-14-23(22)17-11-6-5-7-12-17;/h5-7,11-12,15-16H,8-10,13-14H2,1-4H3,(H2,19,20,21);1H. The fourth-order valence-corrected chi connectivity index (χ4v) is 3.27. The van der Waals surface area contributed by atoms with Crippen LogP contribution < -0.4 is 10.6 Å². The molecule has 0 heterocycles. The summed E-state index contributed by atoms with van der Waals surface area (Å²) >= 11 is 0. The van der Waals surface area contributed by atoms with Crippen molar-refractivity contribution in [3.05, 3.63) is 30.3 Å². The first kappa shape index (κ1) is 23.4. The number of hydrogen-bond acceptors (Lipinski definition) is 2. The van der Waals surface area contributed by atoms with Gasteiger partial charge in [-0.3, -0.25) is 9.20 Å². The van der Waals surface area contributed by atoms with E-state index in [-0.39, 0.29) is 24.0 Å². The Hall–Kier alpha value is -0.630. The molecule has 0 aliphatic rings. The van der Waals surface area contributed by atoms with Crippen molar-refractivity contribution in [3.63, 3.8) is 0 Å². The molecule has 2 unspecified atom stereocenters. The molecule has 0 saturated carbocycles. The lowest BCUT2D eigenvalue weighted by Crippen LogP contribution is -2.43. The van der Waals surface area contributed by atoms with Gasteiger partial charge < -0.3 is 10.6 Å². The highest BCUT2D eigenvalue weighted by Crippen LogP contribution is 2.08. The number of halogens is 1. The van der Waals surface area contributed by atoms with Gasteiger partial charge in [0.15, 0.2) is 5.96 Å². The fraction of sp³-hybridized carbons (Fsp3) is 0.611. The van der Waals surface area contributed by atoms with Gasteiger partial charge in [-0.1, -0.05) is 44.9 Å². The number of nitrogens with one attached hydrogen (secondary N) is 2. The highest BCUT2D eigenvalue weighted by molar-refractivity contribution is 14.0. The number of nitrogens with zero attached hydrogens (tertiary/aromatic N) is 1. The smallest absolute Gasteiger partial charge is 0.191 e. The molecule has 2 atom stereocenters. The van der Waals surface area contributed by atoms with Crippen LogP contribution in [0.25, 0.3) is 0 Å². The molecule has 1 aromatic rings. The first-order valence-electron chi connectivity index (χ1n) is 8.43. The zero-order valence-electron chi connectivity index (χ0n) is 15.2. The zero-order valence-corrected chi connectivity index (χ0v) is 18.4. The molecular weight excluding hydrogens is 433 g/mol. The summed E-state index contributed by atoms with van der Waals surface area (Å²) in [6.07, 6.45) is 3.61. The summed E-state index contributed by atoms with van der Waals surface area (Å²) in [5.41, 5.74) is 0. The van der Waals surface area contributed by atoms with E-state index in [0.717, 1.165) is 23.2 Å². The highest BCUT2D eigenvalue weighted by Gasteiger charge is 2.07. The monoisotopic (exact) mass is 465 g/mol. The van der Waals surface area contributed by atoms with E-state index in [2.05, 4.69) is 36.4 Å². The van der Waals surface area contributed by atoms with E-state index in [9.17, 15) is 4.21 Å². The van der Waals surface area contributed by atoms with E-state index < -0.39 is 10.8 Å². The van der Waals surface area contributed by atoms with E-state index in [4.69, 9.17) is 0 Å². The molecule has 4 nitrogen and oxygen atoms in total. The Balaban J connectivity index is 0.00000529. The molecule has 0 amide bonds. The molecule has 0 radical (unpaired) electrons. The second-order valence-corrected chi connectivity index (χ2v) is 7.80. The molecule has 0 aliphatic heterocycles. The second-order valence-electron chi connectivity index (χ2n) is 6.23. The van der Waals surface area contributed by atoms with Crippen molar-refractivity contribution in [2.45, 2.75) is 51.0 Å². The predicted molar refractivity (Wildman–Crippen MR) is 116 cm³/mol. The minimum atomic E-state index is -0.970. The third kappa shape index (κ3) is 10.3. The molecule has 24 heavy (non-hydrogen) atoms. The van der Waals surface area contributed by atoms with Crippen LogP contribution >= 0.6 is 24.0 Å². The van der Waals surface area contributed by atoms with Crippen LogP contribution in [0.4, 0.5) is 0 Å². The van der Waals surface area contributed by atoms with Gasteiger partial charge in [-0.25, -0.2) is 0 Å². The largest absolute Gasteiger partial charge is 0.355 e. The van der Waals surface area contributed by atoms with Crippen LogP contribution in [-0.2, 0) is 10.8 Å². The Bertz CT molecular complexity index is 494. The lowest BCUT2D eigenvalue weighted by Gasteiger charge is -2.18. The molecule has 138 valence electrons. The summed E-state index contributed by atoms with van der Waals surface area (Å²) in [5, 5.41) is 6.64. The topological polar surface area (TPSA) is 53.5 Å². The van der Waals surface area contributed by atoms with Crippen LogP contribution in [0.2, 0.25) is 0 Å². The average Bonchev–Trinajstić information content (AvgIpc) is 2.54. The summed E-state index contributed by atoms with van der Waals surface area (Å²) in [6, 6.07) is 9.96. The number of aliphatic imine (C=N–C) groups is 1. The molecule has 0 aromatic heterocycles. The van der Waals surface area contributed by atoms with Crippen LogP contribution in [0, 0.1) is 5.92 Å². The van der Waals surface area contributed by atoms with Gasteiger partial charge in [-0.2, -0.15) is 0 Å². The van der Waals surface area contributed by atoms with Gasteiger partial charge >= 0.3 is 0 Å². The third-order valence-corrected chi connectivity index (χ3v) is 4.98. The van der Waals surface area contributed by atoms with Crippen molar-refractivity contribution in [3.8, 4) is 0 Å². The minimum Gasteiger partial charge on any atom is -0.355 e. The van der Waals surface area contributed by atoms with E-state index in [1.54, 1.807) is 7.05 Å². The van der Waals surface area contributed by atoms with Crippen molar-refractivity contribution in [2.75, 3.05) is 19.3 Å². The molecule has 0 bridgehead atoms. The Morgan fingerprint density at radius 2 is 1.83 bits per heavy atom. The van der Waals surface area contributed by atoms with Crippen molar-refractivity contribution >= 4 is 40.7 Å². The predicted octanol–water partition coefficient (Wildman–Crippen LogP) is 3.79. The maximum atomic E-state index is 12.2. The molecule has 1 aromatic carbocycles. The van der Waals surface area contributed by atoms with Gasteiger partial charge in [-0.05, 0) is 31.4 Å². The molecule has 0 aliphatic carbocycles. The van der Waals surface area contributed by atoms with Gasteiger partial charge in [-0.15, -0.1) is 24.0 Å². The van der Waals surface area contributed by atoms with Crippen LogP contribution in [-0.4, -0.2) is 35.6 Å². The quantitative estimate of drug-likeness (QED) is 0.332. The Kier molecular flexibility index (Phi) is 13.3. The van der Waals surface area contributed by atoms with E-state index in [0.29, 0.717) is 18.3 Å². The summed E-state index contributed by atoms with van der Waals surface area (Å²) < 4.78 is 12.2. The van der Waals surface area contributed by atoms with Crippen LogP contribution in [0.15, 0.2) is 40.2 Å². The Morgan fingerprint density at radius 3 is 2.42 bits per heavy atom. The molecule has 1 rings (SSSR count). The number of guanidine groups is 1. The lowest BCUT2D eigenvalue weighted by molar-refractivity contribution is 0.492. The normalized spacial score (nSPS) is 14.0. The first-order chi connectivity index (χ1) is 11.0. The Labute approximate surface area is 166 Å². The van der Waals surface area contributed by atoms with Crippen molar-refractivity contribution in [2.24, 2.45) is 10.9 Å². The SMILES string of the molecule is CN=C(NCCS(=O)c1ccccc1)NC(C)CCCC(C)C.I. The zero-order chi connectivity index (χ0) is 17.1. The van der Waals surface area contributed by atoms with Crippen LogP contribution in [0.3, 0.4) is 0 Å². The van der Waals surface area contributed by atoms with Crippen molar-refractivity contribution in [1.82, 2.24) is 10.6 Å². The van der Waals surface area contributed by atoms with Gasteiger partial charge in [0.25, 0.3) is 0 Å². The van der Waals surface area contributed by atoms with Gasteiger partial charge in [0.1, 0.15) is 0 Å². The number of hydrogen-bond donors (Lipinski definition) is 2. The second kappa shape index (κ2) is 13.6. The molecule has 0 saturated heterocycles. The molecular formula is C18H32IN3OS. The maximum absolute atomic E-state index is 12.2. The highest BCUT2D eigenvalue weighted by atomic mass is 127. The van der Waals surface area contributed by atoms with Crippen molar-refractivity contribution < 1.29 is 4.21 Å². The maximum Gasteiger partial charge on any atom is 0.191 e. The number of benzene rings is 1. The fourth-order valence-electron chi connectivity index (χ4n) is 2.28. The first-order valence-corrected chi connectivity index (χ1v) is 9.75. The van der Waals surface area contributed by atoms with Gasteiger partial charge in [0.2, 0.25) is 0 Å². The molecule has 0 spiro atoms. The summed E-state index contributed by atoms with van der Waals surface area (Å²) in [4.78, 5) is 5.11. The van der Waals surface area contributed by atoms with Gasteiger partial charge in [0, 0.05) is 30.3 Å². The summed E-state index contributed by atoms with van der Waals surface area (Å²) in [5.74, 6) is 2.12. The summed E-state index contributed by atoms with van der Waals surface area (Å²) in [7, 11) is 0.798.